The zero-order chi connectivity index (χ0) is 12.7. The van der Waals surface area contributed by atoms with Crippen LogP contribution < -0.4 is 4.90 Å². The minimum absolute atomic E-state index is 0.00398. The average molecular weight is 254 g/mol. The summed E-state index contributed by atoms with van der Waals surface area (Å²) in [5, 5.41) is 32.1. The zero-order valence-electron chi connectivity index (χ0n) is 8.29. The van der Waals surface area contributed by atoms with E-state index < -0.39 is 0 Å². The van der Waals surface area contributed by atoms with Crippen molar-refractivity contribution in [2.45, 2.75) is 0 Å². The highest BCUT2D eigenvalue weighted by Gasteiger charge is 2.45. The van der Waals surface area contributed by atoms with Crippen molar-refractivity contribution in [2.24, 2.45) is 10.3 Å². The van der Waals surface area contributed by atoms with Gasteiger partial charge in [0.2, 0.25) is 6.20 Å². The van der Waals surface area contributed by atoms with Crippen LogP contribution in [0, 0.1) is 15.3 Å². The minimum atomic E-state index is -0.348. The summed E-state index contributed by atoms with van der Waals surface area (Å²) in [5.41, 5.74) is -1.06. The second-order valence-electron chi connectivity index (χ2n) is 3.04. The Bertz CT molecular complexity index is 616. The first kappa shape index (κ1) is 10.2. The molecule has 1 aromatic rings. The molecule has 0 radical (unpaired) electrons. The first-order valence-corrected chi connectivity index (χ1v) is 4.38. The van der Waals surface area contributed by atoms with Crippen molar-refractivity contribution >= 4 is 11.9 Å². The van der Waals surface area contributed by atoms with E-state index in [2.05, 4.69) is 30.0 Å². The molecule has 0 aromatic carbocycles. The average Bonchev–Trinajstić information content (AvgIpc) is 3.00. The molecule has 0 atom stereocenters. The maximum absolute atomic E-state index is 11.4. The molecular formula is C6H2N6O6. The molecule has 12 heteroatoms. The van der Waals surface area contributed by atoms with Crippen molar-refractivity contribution in [3.63, 3.8) is 0 Å². The Balaban J connectivity index is 2.14. The summed E-state index contributed by atoms with van der Waals surface area (Å²) in [6.07, 6.45) is 1.98. The molecule has 18 heavy (non-hydrogen) atoms. The summed E-state index contributed by atoms with van der Waals surface area (Å²) in [6.45, 7) is 0. The molecular weight excluding hydrogens is 252 g/mol. The first-order valence-electron chi connectivity index (χ1n) is 4.38. The van der Waals surface area contributed by atoms with Crippen LogP contribution in [0.5, 0.6) is 0 Å². The van der Waals surface area contributed by atoms with E-state index in [-0.39, 0.29) is 37.9 Å². The molecule has 0 fully saturated rings. The van der Waals surface area contributed by atoms with Gasteiger partial charge < -0.3 is 10.4 Å². The maximum atomic E-state index is 11.4. The molecule has 0 saturated carbocycles. The molecule has 0 bridgehead atoms. The fraction of sp³-hybridized carbons (Fsp3) is 0. The summed E-state index contributed by atoms with van der Waals surface area (Å²) in [4.78, 5) is 19.9. The van der Waals surface area contributed by atoms with Crippen LogP contribution in [0.3, 0.4) is 0 Å². The third-order valence-electron chi connectivity index (χ3n) is 2.08. The van der Waals surface area contributed by atoms with Crippen LogP contribution in [0.4, 0.5) is 0 Å². The fourth-order valence-electron chi connectivity index (χ4n) is 1.34. The molecule has 0 spiro atoms. The molecule has 0 saturated heterocycles. The minimum Gasteiger partial charge on any atom is -0.722 e. The summed E-state index contributed by atoms with van der Waals surface area (Å²) in [6, 6.07) is 0. The summed E-state index contributed by atoms with van der Waals surface area (Å²) >= 11 is 0. The molecule has 3 heterocycles. The molecule has 2 aliphatic rings. The van der Waals surface area contributed by atoms with Crippen molar-refractivity contribution in [2.75, 3.05) is 0 Å². The van der Waals surface area contributed by atoms with Crippen molar-refractivity contribution in [1.82, 2.24) is 10.4 Å². The Morgan fingerprint density at radius 1 is 1.44 bits per heavy atom. The van der Waals surface area contributed by atoms with E-state index in [1.165, 1.54) is 0 Å². The van der Waals surface area contributed by atoms with Gasteiger partial charge in [0.05, 0.1) is 0 Å². The topological polar surface area (TPSA) is 143 Å². The van der Waals surface area contributed by atoms with Crippen molar-refractivity contribution in [1.29, 1.82) is 0 Å². The number of aromatic nitrogens is 2. The number of oxime groups is 2. The molecule has 0 unspecified atom stereocenters. The highest BCUT2D eigenvalue weighted by Crippen LogP contribution is 2.22. The monoisotopic (exact) mass is 254 g/mol. The first-order chi connectivity index (χ1) is 8.68. The standard InChI is InChI=1S/C6H2N6O6/c13-10-3(1-7-16-10)5-6(12(15)18-9-5)4-2-8-17-11(4)14/h1-2H. The number of hydroxylamine groups is 2. The Morgan fingerprint density at radius 2 is 2.28 bits per heavy atom. The van der Waals surface area contributed by atoms with Crippen LogP contribution in [0.2, 0.25) is 0 Å². The van der Waals surface area contributed by atoms with Crippen LogP contribution in [0.1, 0.15) is 5.69 Å². The molecule has 12 nitrogen and oxygen atoms in total. The van der Waals surface area contributed by atoms with Crippen LogP contribution in [0.25, 0.3) is 0 Å². The SMILES string of the molecule is O=[N+]1ON=C(c2cno[n+]2[O-])C1=C1C=NON1[O-]. The predicted octanol–water partition coefficient (Wildman–Crippen LogP) is -1.32. The van der Waals surface area contributed by atoms with E-state index >= 15 is 0 Å². The Labute approximate surface area is 96.5 Å². The van der Waals surface area contributed by atoms with E-state index in [4.69, 9.17) is 0 Å². The lowest BCUT2D eigenvalue weighted by atomic mass is 10.2. The van der Waals surface area contributed by atoms with E-state index in [0.29, 0.717) is 0 Å². The van der Waals surface area contributed by atoms with Gasteiger partial charge in [-0.3, -0.25) is 9.57 Å². The smallest absolute Gasteiger partial charge is 0.335 e. The third-order valence-corrected chi connectivity index (χ3v) is 2.08. The van der Waals surface area contributed by atoms with Gasteiger partial charge >= 0.3 is 11.4 Å². The van der Waals surface area contributed by atoms with Gasteiger partial charge in [-0.1, -0.05) is 5.16 Å². The number of nitrogens with zero attached hydrogens (tertiary/aromatic N) is 6. The number of hydrogen-bond acceptors (Lipinski definition) is 10. The second kappa shape index (κ2) is 3.49. The second-order valence-corrected chi connectivity index (χ2v) is 3.04. The van der Waals surface area contributed by atoms with Gasteiger partial charge in [-0.15, -0.1) is 0 Å². The van der Waals surface area contributed by atoms with E-state index in [9.17, 15) is 15.3 Å². The number of rotatable bonds is 1. The van der Waals surface area contributed by atoms with Gasteiger partial charge in [-0.25, -0.2) is 5.23 Å². The molecule has 3 rings (SSSR count). The maximum Gasteiger partial charge on any atom is 0.335 e. The molecule has 92 valence electrons. The van der Waals surface area contributed by atoms with Crippen LogP contribution in [-0.2, 0) is 9.88 Å². The van der Waals surface area contributed by atoms with Gasteiger partial charge in [0.25, 0.3) is 5.69 Å². The molecule has 0 aliphatic carbocycles. The summed E-state index contributed by atoms with van der Waals surface area (Å²) in [5.74, 6) is 0. The zero-order valence-corrected chi connectivity index (χ0v) is 8.29. The lowest BCUT2D eigenvalue weighted by Gasteiger charge is -2.18. The van der Waals surface area contributed by atoms with Gasteiger partial charge in [0.1, 0.15) is 11.9 Å². The Morgan fingerprint density at radius 3 is 2.89 bits per heavy atom. The normalized spacial score (nSPS) is 22.2. The van der Waals surface area contributed by atoms with E-state index in [1.807, 2.05) is 0 Å². The van der Waals surface area contributed by atoms with Crippen molar-refractivity contribution in [3.8, 4) is 0 Å². The van der Waals surface area contributed by atoms with Gasteiger partial charge in [-0.2, -0.15) is 0 Å². The summed E-state index contributed by atoms with van der Waals surface area (Å²) < 4.78 is 4.22. The quantitative estimate of drug-likeness (QED) is 0.561. The lowest BCUT2D eigenvalue weighted by Crippen LogP contribution is -2.32. The van der Waals surface area contributed by atoms with E-state index in [0.717, 1.165) is 12.4 Å². The van der Waals surface area contributed by atoms with Crippen molar-refractivity contribution < 1.29 is 24.3 Å². The van der Waals surface area contributed by atoms with E-state index in [1.54, 1.807) is 0 Å². The molecule has 2 aliphatic heterocycles. The number of allylic oxidation sites excluding steroid dienone is 2. The number of hydrogen-bond donors (Lipinski definition) is 0. The molecule has 1 aromatic heterocycles. The van der Waals surface area contributed by atoms with Crippen LogP contribution in [0.15, 0.2) is 32.5 Å². The molecule has 0 N–H and O–H groups in total. The Kier molecular flexibility index (Phi) is 1.97. The largest absolute Gasteiger partial charge is 0.722 e. The molecule has 0 amide bonds. The van der Waals surface area contributed by atoms with Gasteiger partial charge in [-0.05, 0) is 14.7 Å². The van der Waals surface area contributed by atoms with Gasteiger partial charge in [0.15, 0.2) is 10.1 Å². The third kappa shape index (κ3) is 1.29. The fourth-order valence-corrected chi connectivity index (χ4v) is 1.34. The highest BCUT2D eigenvalue weighted by atomic mass is 17.0. The highest BCUT2D eigenvalue weighted by molar-refractivity contribution is 6.11. The van der Waals surface area contributed by atoms with Crippen molar-refractivity contribution in [3.05, 3.63) is 38.6 Å². The predicted molar refractivity (Wildman–Crippen MR) is 48.5 cm³/mol. The summed E-state index contributed by atoms with van der Waals surface area (Å²) in [7, 11) is 0. The van der Waals surface area contributed by atoms with Crippen LogP contribution >= 0.6 is 0 Å². The van der Waals surface area contributed by atoms with Crippen LogP contribution in [-0.4, -0.2) is 27.2 Å². The van der Waals surface area contributed by atoms with Gasteiger partial charge in [0, 0.05) is 5.16 Å². The Hall–Kier alpha value is -3.02. The lowest BCUT2D eigenvalue weighted by molar-refractivity contribution is -0.803.